The van der Waals surface area contributed by atoms with Gasteiger partial charge in [-0.3, -0.25) is 4.90 Å². The number of hydrogen-bond donors (Lipinski definition) is 1. The minimum atomic E-state index is 0.642. The fraction of sp³-hybridized carbons (Fsp3) is 0.500. The monoisotopic (exact) mass is 232 g/mol. The van der Waals surface area contributed by atoms with Crippen LogP contribution in [0.1, 0.15) is 24.8 Å². The first-order valence-corrected chi connectivity index (χ1v) is 6.30. The van der Waals surface area contributed by atoms with Crippen LogP contribution >= 0.6 is 0 Å². The highest BCUT2D eigenvalue weighted by Crippen LogP contribution is 2.20. The van der Waals surface area contributed by atoms with Crippen molar-refractivity contribution in [1.82, 2.24) is 4.90 Å². The first kappa shape index (κ1) is 12.1. The summed E-state index contributed by atoms with van der Waals surface area (Å²) >= 11 is 0. The van der Waals surface area contributed by atoms with E-state index in [0.717, 1.165) is 19.5 Å². The summed E-state index contributed by atoms with van der Waals surface area (Å²) in [7, 11) is 0. The van der Waals surface area contributed by atoms with E-state index in [2.05, 4.69) is 40.4 Å². The molecule has 0 amide bonds. The topological polar surface area (TPSA) is 35.8 Å². The quantitative estimate of drug-likeness (QED) is 0.492. The van der Waals surface area contributed by atoms with Crippen LogP contribution in [0.2, 0.25) is 0 Å². The van der Waals surface area contributed by atoms with Gasteiger partial charge < -0.3 is 5.21 Å². The molecule has 1 aromatic rings. The molecule has 17 heavy (non-hydrogen) atoms. The maximum Gasteiger partial charge on any atom is 0.0439 e. The molecule has 0 aliphatic carbocycles. The molecule has 3 heteroatoms. The van der Waals surface area contributed by atoms with E-state index in [4.69, 9.17) is 5.21 Å². The second kappa shape index (κ2) is 6.40. The van der Waals surface area contributed by atoms with Crippen LogP contribution in [0.3, 0.4) is 0 Å². The molecule has 1 N–H and O–H groups in total. The second-order valence-electron chi connectivity index (χ2n) is 4.76. The summed E-state index contributed by atoms with van der Waals surface area (Å²) in [6.45, 7) is 3.33. The van der Waals surface area contributed by atoms with Crippen LogP contribution in [0.15, 0.2) is 35.5 Å². The molecule has 2 rings (SSSR count). The maximum absolute atomic E-state index is 8.45. The van der Waals surface area contributed by atoms with E-state index in [1.807, 2.05) is 0 Å². The minimum absolute atomic E-state index is 0.642. The zero-order valence-corrected chi connectivity index (χ0v) is 10.1. The third-order valence-corrected chi connectivity index (χ3v) is 3.37. The number of hydrogen-bond acceptors (Lipinski definition) is 3. The van der Waals surface area contributed by atoms with Gasteiger partial charge in [-0.15, -0.1) is 5.16 Å². The lowest BCUT2D eigenvalue weighted by atomic mass is 9.95. The molecule has 1 aliphatic heterocycles. The number of piperidine rings is 1. The zero-order valence-electron chi connectivity index (χ0n) is 10.1. The molecule has 1 unspecified atom stereocenters. The van der Waals surface area contributed by atoms with Crippen molar-refractivity contribution >= 4 is 6.21 Å². The predicted molar refractivity (Wildman–Crippen MR) is 69.3 cm³/mol. The van der Waals surface area contributed by atoms with Crippen molar-refractivity contribution in [3.63, 3.8) is 0 Å². The van der Waals surface area contributed by atoms with Crippen molar-refractivity contribution in [3.8, 4) is 0 Å². The third kappa shape index (κ3) is 3.86. The second-order valence-corrected chi connectivity index (χ2v) is 4.76. The summed E-state index contributed by atoms with van der Waals surface area (Å²) in [6, 6.07) is 10.6. The van der Waals surface area contributed by atoms with Crippen LogP contribution in [0, 0.1) is 5.92 Å². The number of benzene rings is 1. The summed E-state index contributed by atoms with van der Waals surface area (Å²) in [5, 5.41) is 11.5. The zero-order chi connectivity index (χ0) is 11.9. The van der Waals surface area contributed by atoms with E-state index in [0.29, 0.717) is 5.92 Å². The van der Waals surface area contributed by atoms with Crippen molar-refractivity contribution in [3.05, 3.63) is 35.9 Å². The molecule has 1 atom stereocenters. The molecule has 1 aromatic carbocycles. The van der Waals surface area contributed by atoms with Gasteiger partial charge in [0.15, 0.2) is 0 Å². The Morgan fingerprint density at radius 1 is 1.35 bits per heavy atom. The van der Waals surface area contributed by atoms with Crippen molar-refractivity contribution in [1.29, 1.82) is 0 Å². The summed E-state index contributed by atoms with van der Waals surface area (Å²) in [4.78, 5) is 2.49. The molecular formula is C14H20N2O. The summed E-state index contributed by atoms with van der Waals surface area (Å²) < 4.78 is 0. The highest BCUT2D eigenvalue weighted by Gasteiger charge is 2.18. The minimum Gasteiger partial charge on any atom is -0.411 e. The Labute approximate surface area is 103 Å². The summed E-state index contributed by atoms with van der Waals surface area (Å²) in [5.74, 6) is 0.642. The van der Waals surface area contributed by atoms with Gasteiger partial charge in [-0.1, -0.05) is 30.3 Å². The summed E-state index contributed by atoms with van der Waals surface area (Å²) in [6.07, 6.45) is 5.01. The first-order valence-electron chi connectivity index (χ1n) is 6.30. The summed E-state index contributed by atoms with van der Waals surface area (Å²) in [5.41, 5.74) is 1.38. The molecule has 0 bridgehead atoms. The van der Waals surface area contributed by atoms with Crippen LogP contribution in [-0.2, 0) is 6.54 Å². The third-order valence-electron chi connectivity index (χ3n) is 3.37. The molecule has 1 fully saturated rings. The average molecular weight is 232 g/mol. The SMILES string of the molecule is ON=CCC1CCCN(Cc2ccccc2)C1. The van der Waals surface area contributed by atoms with E-state index >= 15 is 0 Å². The highest BCUT2D eigenvalue weighted by molar-refractivity contribution is 5.56. The van der Waals surface area contributed by atoms with Crippen molar-refractivity contribution in [2.24, 2.45) is 11.1 Å². The van der Waals surface area contributed by atoms with E-state index in [9.17, 15) is 0 Å². The Kier molecular flexibility index (Phi) is 4.56. The van der Waals surface area contributed by atoms with Crippen LogP contribution < -0.4 is 0 Å². The van der Waals surface area contributed by atoms with Crippen molar-refractivity contribution in [2.45, 2.75) is 25.8 Å². The molecular weight excluding hydrogens is 212 g/mol. The van der Waals surface area contributed by atoms with Crippen LogP contribution in [0.5, 0.6) is 0 Å². The Balaban J connectivity index is 1.85. The van der Waals surface area contributed by atoms with Gasteiger partial charge in [0, 0.05) is 19.3 Å². The van der Waals surface area contributed by atoms with E-state index in [1.54, 1.807) is 6.21 Å². The predicted octanol–water partition coefficient (Wildman–Crippen LogP) is 2.75. The van der Waals surface area contributed by atoms with Crippen LogP contribution in [0.4, 0.5) is 0 Å². The lowest BCUT2D eigenvalue weighted by molar-refractivity contribution is 0.170. The molecule has 0 spiro atoms. The molecule has 1 heterocycles. The van der Waals surface area contributed by atoms with Gasteiger partial charge in [0.05, 0.1) is 0 Å². The van der Waals surface area contributed by atoms with Gasteiger partial charge in [0.1, 0.15) is 0 Å². The molecule has 1 saturated heterocycles. The number of likely N-dealkylation sites (tertiary alicyclic amines) is 1. The smallest absolute Gasteiger partial charge is 0.0439 e. The fourth-order valence-corrected chi connectivity index (χ4v) is 2.53. The highest BCUT2D eigenvalue weighted by atomic mass is 16.4. The van der Waals surface area contributed by atoms with Crippen LogP contribution in [0.25, 0.3) is 0 Å². The van der Waals surface area contributed by atoms with Gasteiger partial charge in [-0.2, -0.15) is 0 Å². The maximum atomic E-state index is 8.45. The van der Waals surface area contributed by atoms with Gasteiger partial charge in [-0.25, -0.2) is 0 Å². The van der Waals surface area contributed by atoms with Crippen molar-refractivity contribution in [2.75, 3.05) is 13.1 Å². The molecule has 3 nitrogen and oxygen atoms in total. The standard InChI is InChI=1S/C14H20N2O/c17-15-9-8-14-7-4-10-16(12-14)11-13-5-2-1-3-6-13/h1-3,5-6,9,14,17H,4,7-8,10-12H2. The Morgan fingerprint density at radius 3 is 2.94 bits per heavy atom. The Morgan fingerprint density at radius 2 is 2.18 bits per heavy atom. The molecule has 92 valence electrons. The van der Waals surface area contributed by atoms with Crippen LogP contribution in [-0.4, -0.2) is 29.4 Å². The number of oxime groups is 1. The van der Waals surface area contributed by atoms with Gasteiger partial charge in [0.2, 0.25) is 0 Å². The van der Waals surface area contributed by atoms with Gasteiger partial charge in [-0.05, 0) is 37.3 Å². The Bertz CT molecular complexity index is 350. The van der Waals surface area contributed by atoms with Gasteiger partial charge >= 0.3 is 0 Å². The van der Waals surface area contributed by atoms with E-state index in [1.165, 1.54) is 24.9 Å². The lowest BCUT2D eigenvalue weighted by Gasteiger charge is -2.32. The van der Waals surface area contributed by atoms with E-state index < -0.39 is 0 Å². The molecule has 0 aromatic heterocycles. The average Bonchev–Trinajstić information content (AvgIpc) is 2.38. The number of nitrogens with zero attached hydrogens (tertiary/aromatic N) is 2. The Hall–Kier alpha value is -1.35. The first-order chi connectivity index (χ1) is 8.38. The molecule has 1 aliphatic rings. The number of rotatable bonds is 4. The lowest BCUT2D eigenvalue weighted by Crippen LogP contribution is -2.35. The van der Waals surface area contributed by atoms with Crippen molar-refractivity contribution < 1.29 is 5.21 Å². The molecule has 0 radical (unpaired) electrons. The normalized spacial score (nSPS) is 22.0. The fourth-order valence-electron chi connectivity index (χ4n) is 2.53. The van der Waals surface area contributed by atoms with Gasteiger partial charge in [0.25, 0.3) is 0 Å². The largest absolute Gasteiger partial charge is 0.411 e. The van der Waals surface area contributed by atoms with E-state index in [-0.39, 0.29) is 0 Å². The molecule has 0 saturated carbocycles.